The lowest BCUT2D eigenvalue weighted by Crippen LogP contribution is -2.00. The lowest BCUT2D eigenvalue weighted by atomic mass is 9.98. The molecule has 0 unspecified atom stereocenters. The molecule has 15 heavy (non-hydrogen) atoms. The van der Waals surface area contributed by atoms with Crippen LogP contribution in [0.3, 0.4) is 0 Å². The van der Waals surface area contributed by atoms with Gasteiger partial charge < -0.3 is 0 Å². The number of hydrogen-bond acceptors (Lipinski definition) is 1. The summed E-state index contributed by atoms with van der Waals surface area (Å²) in [4.78, 5) is 10.7. The number of aldehydes is 1. The van der Waals surface area contributed by atoms with Gasteiger partial charge in [-0.15, -0.1) is 0 Å². The van der Waals surface area contributed by atoms with Gasteiger partial charge in [0.2, 0.25) is 0 Å². The number of carbonyl (C=O) groups excluding carboxylic acids is 1. The van der Waals surface area contributed by atoms with Gasteiger partial charge >= 0.3 is 0 Å². The highest BCUT2D eigenvalue weighted by Crippen LogP contribution is 2.26. The summed E-state index contributed by atoms with van der Waals surface area (Å²) in [5, 5.41) is 0.739. The Kier molecular flexibility index (Phi) is 4.88. The molecule has 0 fully saturated rings. The summed E-state index contributed by atoms with van der Waals surface area (Å²) in [6, 6.07) is 4.44. The standard InChI is InChI=1S/C11H11BrF2O/c12-6-2-5-9-8(7-15)3-1-4-10(9)11(13)14/h1,3-4,7,11H,2,5-6H2. The Labute approximate surface area is 95.6 Å². The molecule has 1 rings (SSSR count). The van der Waals surface area contributed by atoms with Gasteiger partial charge in [-0.05, 0) is 18.4 Å². The molecule has 0 aromatic heterocycles. The number of alkyl halides is 3. The highest BCUT2D eigenvalue weighted by molar-refractivity contribution is 9.09. The van der Waals surface area contributed by atoms with Crippen LogP contribution in [0.1, 0.15) is 34.3 Å². The van der Waals surface area contributed by atoms with Gasteiger partial charge in [0.25, 0.3) is 6.43 Å². The molecule has 4 heteroatoms. The Morgan fingerprint density at radius 3 is 2.67 bits per heavy atom. The maximum atomic E-state index is 12.6. The minimum Gasteiger partial charge on any atom is -0.298 e. The smallest absolute Gasteiger partial charge is 0.264 e. The van der Waals surface area contributed by atoms with E-state index in [0.717, 1.165) is 11.8 Å². The highest BCUT2D eigenvalue weighted by Gasteiger charge is 2.14. The Hall–Kier alpha value is -0.770. The third-order valence-corrected chi connectivity index (χ3v) is 2.73. The summed E-state index contributed by atoms with van der Waals surface area (Å²) in [6.07, 6.45) is -0.643. The Morgan fingerprint density at radius 2 is 2.13 bits per heavy atom. The maximum Gasteiger partial charge on any atom is 0.264 e. The van der Waals surface area contributed by atoms with Gasteiger partial charge in [0.05, 0.1) is 0 Å². The first kappa shape index (κ1) is 12.3. The second-order valence-electron chi connectivity index (χ2n) is 3.13. The van der Waals surface area contributed by atoms with Crippen LogP contribution in [0.25, 0.3) is 0 Å². The van der Waals surface area contributed by atoms with E-state index < -0.39 is 6.43 Å². The maximum absolute atomic E-state index is 12.6. The van der Waals surface area contributed by atoms with Crippen molar-refractivity contribution in [2.45, 2.75) is 19.3 Å². The molecule has 0 radical (unpaired) electrons. The van der Waals surface area contributed by atoms with Crippen LogP contribution >= 0.6 is 15.9 Å². The first-order valence-electron chi connectivity index (χ1n) is 4.61. The van der Waals surface area contributed by atoms with Crippen molar-refractivity contribution in [3.63, 3.8) is 0 Å². The minimum atomic E-state index is -2.52. The quantitative estimate of drug-likeness (QED) is 0.591. The van der Waals surface area contributed by atoms with Crippen molar-refractivity contribution in [3.8, 4) is 0 Å². The summed E-state index contributed by atoms with van der Waals surface area (Å²) in [5.41, 5.74) is 0.816. The van der Waals surface area contributed by atoms with Crippen LogP contribution in [0, 0.1) is 0 Å². The Morgan fingerprint density at radius 1 is 1.40 bits per heavy atom. The largest absolute Gasteiger partial charge is 0.298 e. The van der Waals surface area contributed by atoms with Gasteiger partial charge in [-0.1, -0.05) is 34.1 Å². The van der Waals surface area contributed by atoms with Gasteiger partial charge in [-0.3, -0.25) is 4.79 Å². The van der Waals surface area contributed by atoms with E-state index in [-0.39, 0.29) is 5.56 Å². The van der Waals surface area contributed by atoms with Crippen molar-refractivity contribution >= 4 is 22.2 Å². The molecule has 1 nitrogen and oxygen atoms in total. The molecule has 0 saturated heterocycles. The van der Waals surface area contributed by atoms with Gasteiger partial charge in [0.15, 0.2) is 0 Å². The number of carbonyl (C=O) groups is 1. The zero-order chi connectivity index (χ0) is 11.3. The highest BCUT2D eigenvalue weighted by atomic mass is 79.9. The average Bonchev–Trinajstić information content (AvgIpc) is 2.25. The lowest BCUT2D eigenvalue weighted by molar-refractivity contribution is 0.112. The van der Waals surface area contributed by atoms with Crippen molar-refractivity contribution in [3.05, 3.63) is 34.9 Å². The average molecular weight is 277 g/mol. The van der Waals surface area contributed by atoms with Crippen LogP contribution in [0.15, 0.2) is 18.2 Å². The van der Waals surface area contributed by atoms with Crippen LogP contribution in [0.2, 0.25) is 0 Å². The predicted molar refractivity (Wildman–Crippen MR) is 58.9 cm³/mol. The predicted octanol–water partition coefficient (Wildman–Crippen LogP) is 3.76. The lowest BCUT2D eigenvalue weighted by Gasteiger charge is -2.10. The van der Waals surface area contributed by atoms with Crippen LogP contribution < -0.4 is 0 Å². The van der Waals surface area contributed by atoms with E-state index in [1.165, 1.54) is 12.1 Å². The molecule has 0 atom stereocenters. The molecular weight excluding hydrogens is 266 g/mol. The van der Waals surface area contributed by atoms with E-state index in [1.54, 1.807) is 6.07 Å². The zero-order valence-electron chi connectivity index (χ0n) is 8.05. The molecule has 0 aliphatic carbocycles. The molecule has 82 valence electrons. The molecule has 1 aromatic rings. The third-order valence-electron chi connectivity index (χ3n) is 2.17. The topological polar surface area (TPSA) is 17.1 Å². The fraction of sp³-hybridized carbons (Fsp3) is 0.364. The molecular formula is C11H11BrF2O. The molecule has 0 bridgehead atoms. The number of benzene rings is 1. The van der Waals surface area contributed by atoms with Crippen molar-refractivity contribution in [1.82, 2.24) is 0 Å². The number of hydrogen-bond donors (Lipinski definition) is 0. The molecule has 1 aromatic carbocycles. The van der Waals surface area contributed by atoms with E-state index in [2.05, 4.69) is 15.9 Å². The van der Waals surface area contributed by atoms with E-state index in [9.17, 15) is 13.6 Å². The van der Waals surface area contributed by atoms with Crippen molar-refractivity contribution < 1.29 is 13.6 Å². The number of halogens is 3. The SMILES string of the molecule is O=Cc1cccc(C(F)F)c1CCCBr. The van der Waals surface area contributed by atoms with E-state index in [1.807, 2.05) is 0 Å². The summed E-state index contributed by atoms with van der Waals surface area (Å²) >= 11 is 3.24. The Bertz CT molecular complexity index is 339. The summed E-state index contributed by atoms with van der Waals surface area (Å²) in [6.45, 7) is 0. The van der Waals surface area contributed by atoms with E-state index in [0.29, 0.717) is 23.8 Å². The molecule has 0 N–H and O–H groups in total. The normalized spacial score (nSPS) is 10.7. The van der Waals surface area contributed by atoms with Crippen molar-refractivity contribution in [1.29, 1.82) is 0 Å². The molecule has 0 heterocycles. The van der Waals surface area contributed by atoms with E-state index in [4.69, 9.17) is 0 Å². The van der Waals surface area contributed by atoms with Crippen LogP contribution in [-0.4, -0.2) is 11.6 Å². The monoisotopic (exact) mass is 276 g/mol. The second-order valence-corrected chi connectivity index (χ2v) is 3.92. The first-order valence-corrected chi connectivity index (χ1v) is 5.74. The first-order chi connectivity index (χ1) is 7.20. The van der Waals surface area contributed by atoms with Crippen LogP contribution in [-0.2, 0) is 6.42 Å². The summed E-state index contributed by atoms with van der Waals surface area (Å²) in [7, 11) is 0. The molecule has 0 aliphatic heterocycles. The second kappa shape index (κ2) is 5.95. The molecule has 0 aliphatic rings. The van der Waals surface area contributed by atoms with Crippen molar-refractivity contribution in [2.24, 2.45) is 0 Å². The fourth-order valence-electron chi connectivity index (χ4n) is 1.47. The van der Waals surface area contributed by atoms with Gasteiger partial charge in [-0.25, -0.2) is 8.78 Å². The molecule has 0 amide bonds. The van der Waals surface area contributed by atoms with Crippen LogP contribution in [0.4, 0.5) is 8.78 Å². The zero-order valence-corrected chi connectivity index (χ0v) is 9.64. The van der Waals surface area contributed by atoms with Gasteiger partial charge in [0.1, 0.15) is 6.29 Å². The van der Waals surface area contributed by atoms with Crippen molar-refractivity contribution in [2.75, 3.05) is 5.33 Å². The van der Waals surface area contributed by atoms with Crippen LogP contribution in [0.5, 0.6) is 0 Å². The molecule has 0 saturated carbocycles. The number of rotatable bonds is 5. The fourth-order valence-corrected chi connectivity index (χ4v) is 1.75. The van der Waals surface area contributed by atoms with Gasteiger partial charge in [-0.2, -0.15) is 0 Å². The van der Waals surface area contributed by atoms with E-state index >= 15 is 0 Å². The van der Waals surface area contributed by atoms with Gasteiger partial charge in [0, 0.05) is 16.5 Å². The minimum absolute atomic E-state index is 0.0273. The Balaban J connectivity index is 3.08. The summed E-state index contributed by atoms with van der Waals surface area (Å²) < 4.78 is 25.3. The summed E-state index contributed by atoms with van der Waals surface area (Å²) in [5.74, 6) is 0. The third kappa shape index (κ3) is 3.09. The molecule has 0 spiro atoms.